The number of para-hydroxylation sites is 1. The van der Waals surface area contributed by atoms with Crippen LogP contribution in [0.1, 0.15) is 42.7 Å². The van der Waals surface area contributed by atoms with E-state index in [0.717, 1.165) is 41.7 Å². The molecule has 2 atom stereocenters. The highest BCUT2D eigenvalue weighted by Crippen LogP contribution is 2.39. The van der Waals surface area contributed by atoms with E-state index >= 15 is 0 Å². The molecule has 3 aromatic rings. The molecule has 2 aliphatic rings. The van der Waals surface area contributed by atoms with Gasteiger partial charge in [0.25, 0.3) is 0 Å². The maximum absolute atomic E-state index is 13.3. The van der Waals surface area contributed by atoms with Gasteiger partial charge in [-0.2, -0.15) is 0 Å². The first-order valence-electron chi connectivity index (χ1n) is 11.2. The van der Waals surface area contributed by atoms with Crippen molar-refractivity contribution in [3.8, 4) is 17.1 Å². The monoisotopic (exact) mass is 413 g/mol. The minimum atomic E-state index is -0.0826. The highest BCUT2D eigenvalue weighted by Gasteiger charge is 2.33. The Morgan fingerprint density at radius 1 is 1.00 bits per heavy atom. The number of amides is 1. The molecule has 1 amide bonds. The van der Waals surface area contributed by atoms with Crippen LogP contribution in [0.5, 0.6) is 5.75 Å². The molecule has 0 bridgehead atoms. The van der Waals surface area contributed by atoms with Crippen LogP contribution >= 0.6 is 0 Å². The highest BCUT2D eigenvalue weighted by atomic mass is 16.5. The van der Waals surface area contributed by atoms with Crippen LogP contribution in [0.2, 0.25) is 0 Å². The summed E-state index contributed by atoms with van der Waals surface area (Å²) in [6.45, 7) is 0.499. The second-order valence-electron chi connectivity index (χ2n) is 8.49. The van der Waals surface area contributed by atoms with Gasteiger partial charge in [0.1, 0.15) is 11.9 Å². The molecule has 2 heterocycles. The average molecular weight is 414 g/mol. The molecule has 1 aliphatic heterocycles. The van der Waals surface area contributed by atoms with Crippen molar-refractivity contribution in [2.24, 2.45) is 5.92 Å². The summed E-state index contributed by atoms with van der Waals surface area (Å²) in [5.41, 5.74) is 3.16. The summed E-state index contributed by atoms with van der Waals surface area (Å²) >= 11 is 0. The molecule has 1 saturated carbocycles. The Kier molecular flexibility index (Phi) is 5.65. The molecule has 1 aliphatic carbocycles. The van der Waals surface area contributed by atoms with Gasteiger partial charge in [-0.15, -0.1) is 0 Å². The summed E-state index contributed by atoms with van der Waals surface area (Å²) in [6.07, 6.45) is 8.85. The first kappa shape index (κ1) is 19.7. The van der Waals surface area contributed by atoms with Crippen molar-refractivity contribution in [3.63, 3.8) is 0 Å². The molecule has 31 heavy (non-hydrogen) atoms. The standard InChI is InChI=1S/C26H27N3O2/c30-26(23(19-10-4-5-11-19)18-8-2-1-3-9-18)29-17-21-16-20-12-6-13-22(24(20)31-21)25-27-14-7-15-28-25/h1-3,6-9,12-15,19,21,23H,4-5,10-11,16-17H2,(H,29,30). The zero-order chi connectivity index (χ0) is 21.0. The molecule has 5 rings (SSSR count). The van der Waals surface area contributed by atoms with Gasteiger partial charge in [-0.3, -0.25) is 4.79 Å². The smallest absolute Gasteiger partial charge is 0.227 e. The second-order valence-corrected chi connectivity index (χ2v) is 8.49. The number of nitrogens with zero attached hydrogens (tertiary/aromatic N) is 2. The van der Waals surface area contributed by atoms with Crippen LogP contribution in [0.15, 0.2) is 67.0 Å². The fourth-order valence-corrected chi connectivity index (χ4v) is 4.98. The van der Waals surface area contributed by atoms with E-state index in [9.17, 15) is 4.79 Å². The lowest BCUT2D eigenvalue weighted by Gasteiger charge is -2.24. The van der Waals surface area contributed by atoms with E-state index in [1.807, 2.05) is 30.3 Å². The molecule has 1 N–H and O–H groups in total. The molecule has 0 spiro atoms. The third kappa shape index (κ3) is 4.18. The predicted octanol–water partition coefficient (Wildman–Crippen LogP) is 4.54. The molecule has 1 aromatic heterocycles. The SMILES string of the molecule is O=C(NCC1Cc2cccc(-c3ncccn3)c2O1)C(c1ccccc1)C1CCCC1. The van der Waals surface area contributed by atoms with E-state index in [1.54, 1.807) is 18.5 Å². The molecule has 0 saturated heterocycles. The predicted molar refractivity (Wildman–Crippen MR) is 120 cm³/mol. The topological polar surface area (TPSA) is 64.1 Å². The number of hydrogen-bond donors (Lipinski definition) is 1. The molecule has 1 fully saturated rings. The van der Waals surface area contributed by atoms with E-state index in [1.165, 1.54) is 12.8 Å². The number of carbonyl (C=O) groups excluding carboxylic acids is 1. The van der Waals surface area contributed by atoms with Crippen molar-refractivity contribution < 1.29 is 9.53 Å². The van der Waals surface area contributed by atoms with Gasteiger partial charge in [0.15, 0.2) is 5.82 Å². The molecule has 158 valence electrons. The molecular weight excluding hydrogens is 386 g/mol. The fourth-order valence-electron chi connectivity index (χ4n) is 4.98. The summed E-state index contributed by atoms with van der Waals surface area (Å²) in [7, 11) is 0. The summed E-state index contributed by atoms with van der Waals surface area (Å²) in [5.74, 6) is 1.95. The normalized spacial score (nSPS) is 18.9. The van der Waals surface area contributed by atoms with Crippen LogP contribution in [-0.2, 0) is 11.2 Å². The van der Waals surface area contributed by atoms with Gasteiger partial charge in [-0.25, -0.2) is 9.97 Å². The molecule has 2 unspecified atom stereocenters. The van der Waals surface area contributed by atoms with Gasteiger partial charge in [-0.1, -0.05) is 55.3 Å². The quantitative estimate of drug-likeness (QED) is 0.645. The van der Waals surface area contributed by atoms with E-state index < -0.39 is 0 Å². The highest BCUT2D eigenvalue weighted by molar-refractivity contribution is 5.84. The van der Waals surface area contributed by atoms with Crippen molar-refractivity contribution in [2.75, 3.05) is 6.54 Å². The Morgan fingerprint density at radius 3 is 2.55 bits per heavy atom. The minimum Gasteiger partial charge on any atom is -0.487 e. The van der Waals surface area contributed by atoms with E-state index in [0.29, 0.717) is 18.3 Å². The van der Waals surface area contributed by atoms with Gasteiger partial charge >= 0.3 is 0 Å². The van der Waals surface area contributed by atoms with Gasteiger partial charge in [0, 0.05) is 18.8 Å². The summed E-state index contributed by atoms with van der Waals surface area (Å²) in [6, 6.07) is 18.1. The van der Waals surface area contributed by atoms with Crippen LogP contribution < -0.4 is 10.1 Å². The zero-order valence-electron chi connectivity index (χ0n) is 17.5. The lowest BCUT2D eigenvalue weighted by atomic mass is 9.84. The van der Waals surface area contributed by atoms with Gasteiger partial charge < -0.3 is 10.1 Å². The van der Waals surface area contributed by atoms with Crippen LogP contribution in [0.4, 0.5) is 0 Å². The molecule has 0 radical (unpaired) electrons. The average Bonchev–Trinajstić information content (AvgIpc) is 3.49. The Hall–Kier alpha value is -3.21. The maximum Gasteiger partial charge on any atom is 0.227 e. The number of rotatable bonds is 6. The number of ether oxygens (including phenoxy) is 1. The van der Waals surface area contributed by atoms with Crippen molar-refractivity contribution >= 4 is 5.91 Å². The van der Waals surface area contributed by atoms with Crippen molar-refractivity contribution in [2.45, 2.75) is 44.1 Å². The third-order valence-corrected chi connectivity index (χ3v) is 6.45. The Bertz CT molecular complexity index is 1030. The maximum atomic E-state index is 13.3. The molecule has 5 nitrogen and oxygen atoms in total. The molecule has 5 heteroatoms. The van der Waals surface area contributed by atoms with Crippen LogP contribution in [-0.4, -0.2) is 28.5 Å². The summed E-state index contributed by atoms with van der Waals surface area (Å²) < 4.78 is 6.26. The lowest BCUT2D eigenvalue weighted by molar-refractivity contribution is -0.124. The van der Waals surface area contributed by atoms with Crippen LogP contribution in [0.3, 0.4) is 0 Å². The van der Waals surface area contributed by atoms with E-state index in [4.69, 9.17) is 4.74 Å². The first-order chi connectivity index (χ1) is 15.3. The lowest BCUT2D eigenvalue weighted by Crippen LogP contribution is -2.39. The van der Waals surface area contributed by atoms with Crippen molar-refractivity contribution in [1.29, 1.82) is 0 Å². The zero-order valence-corrected chi connectivity index (χ0v) is 17.5. The Morgan fingerprint density at radius 2 is 1.77 bits per heavy atom. The van der Waals surface area contributed by atoms with E-state index in [2.05, 4.69) is 33.5 Å². The second kappa shape index (κ2) is 8.88. The number of nitrogens with one attached hydrogen (secondary N) is 1. The van der Waals surface area contributed by atoms with Gasteiger partial charge in [0.05, 0.1) is 18.0 Å². The number of fused-ring (bicyclic) bond motifs is 1. The number of carbonyl (C=O) groups is 1. The summed E-state index contributed by atoms with van der Waals surface area (Å²) in [5, 5.41) is 3.20. The molecule has 2 aromatic carbocycles. The number of aromatic nitrogens is 2. The van der Waals surface area contributed by atoms with Crippen LogP contribution in [0.25, 0.3) is 11.4 Å². The third-order valence-electron chi connectivity index (χ3n) is 6.45. The van der Waals surface area contributed by atoms with Crippen LogP contribution in [0, 0.1) is 5.92 Å². The minimum absolute atomic E-state index is 0.0798. The van der Waals surface area contributed by atoms with Gasteiger partial charge in [0.2, 0.25) is 5.91 Å². The molecular formula is C26H27N3O2. The first-order valence-corrected chi connectivity index (χ1v) is 11.2. The van der Waals surface area contributed by atoms with Crippen molar-refractivity contribution in [1.82, 2.24) is 15.3 Å². The number of hydrogen-bond acceptors (Lipinski definition) is 4. The fraction of sp³-hybridized carbons (Fsp3) is 0.346. The van der Waals surface area contributed by atoms with Crippen molar-refractivity contribution in [3.05, 3.63) is 78.1 Å². The van der Waals surface area contributed by atoms with Gasteiger partial charge in [-0.05, 0) is 42.0 Å². The van der Waals surface area contributed by atoms with E-state index in [-0.39, 0.29) is 17.9 Å². The summed E-state index contributed by atoms with van der Waals surface area (Å²) in [4.78, 5) is 22.0. The Labute approximate surface area is 182 Å². The Balaban J connectivity index is 1.28. The largest absolute Gasteiger partial charge is 0.487 e. The number of benzene rings is 2.